The summed E-state index contributed by atoms with van der Waals surface area (Å²) in [5.41, 5.74) is -0.418. The minimum absolute atomic E-state index is 0.0320. The van der Waals surface area contributed by atoms with Crippen LogP contribution >= 0.6 is 0 Å². The zero-order chi connectivity index (χ0) is 29.0. The topological polar surface area (TPSA) is 101 Å². The normalized spacial score (nSPS) is 15.8. The van der Waals surface area contributed by atoms with E-state index in [0.29, 0.717) is 43.6 Å². The van der Waals surface area contributed by atoms with Crippen LogP contribution in [0.2, 0.25) is 0 Å². The average molecular weight is 573 g/mol. The molecule has 0 atom stereocenters. The molecule has 5 rings (SSSR count). The van der Waals surface area contributed by atoms with Crippen molar-refractivity contribution in [3.8, 4) is 23.1 Å². The van der Waals surface area contributed by atoms with Crippen molar-refractivity contribution in [3.05, 3.63) is 59.4 Å². The number of piperazine rings is 1. The van der Waals surface area contributed by atoms with E-state index in [1.807, 2.05) is 4.90 Å². The first-order chi connectivity index (χ1) is 19.7. The van der Waals surface area contributed by atoms with Crippen LogP contribution in [0.5, 0.6) is 23.1 Å². The predicted molar refractivity (Wildman–Crippen MR) is 146 cm³/mol. The Morgan fingerprint density at radius 1 is 1.07 bits per heavy atom. The number of carbonyl (C=O) groups is 1. The van der Waals surface area contributed by atoms with Gasteiger partial charge in [-0.05, 0) is 42.4 Å². The number of rotatable bonds is 8. The Hall–Kier alpha value is -4.10. The summed E-state index contributed by atoms with van der Waals surface area (Å²) in [5, 5.41) is 5.66. The molecule has 2 aliphatic heterocycles. The summed E-state index contributed by atoms with van der Waals surface area (Å²) < 4.78 is 59.0. The molecule has 2 aliphatic rings. The van der Waals surface area contributed by atoms with Gasteiger partial charge in [0.2, 0.25) is 5.75 Å². The molecule has 0 saturated carbocycles. The number of fused-ring (bicyclic) bond motifs is 1. The number of likely N-dealkylation sites (N-methyl/N-ethyl adjacent to an activating group) is 1. The fourth-order valence-electron chi connectivity index (χ4n) is 4.77. The van der Waals surface area contributed by atoms with Gasteiger partial charge in [0.15, 0.2) is 17.3 Å². The van der Waals surface area contributed by atoms with Gasteiger partial charge in [-0.3, -0.25) is 9.69 Å². The molecule has 0 radical (unpaired) electrons. The van der Waals surface area contributed by atoms with Crippen LogP contribution in [0.1, 0.15) is 28.4 Å². The highest BCUT2D eigenvalue weighted by molar-refractivity contribution is 6.04. The van der Waals surface area contributed by atoms with Crippen molar-refractivity contribution in [2.45, 2.75) is 19.6 Å². The van der Waals surface area contributed by atoms with Crippen LogP contribution < -0.4 is 24.8 Å². The molecule has 0 unspecified atom stereocenters. The first kappa shape index (κ1) is 28.4. The van der Waals surface area contributed by atoms with E-state index in [-0.39, 0.29) is 35.0 Å². The molecule has 3 heterocycles. The summed E-state index contributed by atoms with van der Waals surface area (Å²) in [6, 6.07) is 8.34. The van der Waals surface area contributed by atoms with Crippen LogP contribution in [0.25, 0.3) is 0 Å². The third kappa shape index (κ3) is 6.63. The minimum Gasteiger partial charge on any atom is -0.493 e. The highest BCUT2D eigenvalue weighted by atomic mass is 19.4. The standard InChI is InChI=1S/C28H31F3N6O4/c1-3-36-9-11-37(12-10-36)16-19-4-6-20(15-21(19)28(29,30)31)35-26(38)18-5-7-22(39-2)23(14-18)41-27-24-25(33-17-34-27)32-8-13-40-24/h4-7,14-15,17H,3,8-13,16H2,1-2H3,(H,35,38)(H,32,33,34). The summed E-state index contributed by atoms with van der Waals surface area (Å²) in [6.45, 7) is 7.20. The maximum absolute atomic E-state index is 14.0. The number of hydrogen-bond donors (Lipinski definition) is 2. The first-order valence-electron chi connectivity index (χ1n) is 13.3. The predicted octanol–water partition coefficient (Wildman–Crippen LogP) is 4.49. The molecule has 3 aromatic rings. The van der Waals surface area contributed by atoms with E-state index >= 15 is 0 Å². The zero-order valence-corrected chi connectivity index (χ0v) is 22.8. The molecule has 0 aliphatic carbocycles. The third-order valence-corrected chi connectivity index (χ3v) is 7.02. The smallest absolute Gasteiger partial charge is 0.416 e. The molecule has 1 saturated heterocycles. The Morgan fingerprint density at radius 3 is 2.59 bits per heavy atom. The van der Waals surface area contributed by atoms with Gasteiger partial charge in [0.05, 0.1) is 19.2 Å². The number of nitrogens with zero attached hydrogens (tertiary/aromatic N) is 4. The van der Waals surface area contributed by atoms with E-state index in [9.17, 15) is 18.0 Å². The highest BCUT2D eigenvalue weighted by Crippen LogP contribution is 2.39. The lowest BCUT2D eigenvalue weighted by Gasteiger charge is -2.34. The number of aromatic nitrogens is 2. The fourth-order valence-corrected chi connectivity index (χ4v) is 4.77. The lowest BCUT2D eigenvalue weighted by atomic mass is 10.0. The maximum atomic E-state index is 14.0. The summed E-state index contributed by atoms with van der Waals surface area (Å²) in [4.78, 5) is 25.6. The second kappa shape index (κ2) is 12.2. The monoisotopic (exact) mass is 572 g/mol. The Kier molecular flexibility index (Phi) is 8.45. The number of carbonyl (C=O) groups excluding carboxylic acids is 1. The van der Waals surface area contributed by atoms with Gasteiger partial charge in [-0.15, -0.1) is 0 Å². The molecular weight excluding hydrogens is 541 g/mol. The highest BCUT2D eigenvalue weighted by Gasteiger charge is 2.34. The van der Waals surface area contributed by atoms with E-state index in [1.165, 1.54) is 43.8 Å². The first-order valence-corrected chi connectivity index (χ1v) is 13.3. The van der Waals surface area contributed by atoms with Crippen molar-refractivity contribution >= 4 is 17.4 Å². The Morgan fingerprint density at radius 2 is 1.85 bits per heavy atom. The molecule has 10 nitrogen and oxygen atoms in total. The Labute approximate surface area is 235 Å². The van der Waals surface area contributed by atoms with Gasteiger partial charge in [0, 0.05) is 44.0 Å². The lowest BCUT2D eigenvalue weighted by molar-refractivity contribution is -0.138. The largest absolute Gasteiger partial charge is 0.493 e. The number of methoxy groups -OCH3 is 1. The zero-order valence-electron chi connectivity index (χ0n) is 22.8. The summed E-state index contributed by atoms with van der Waals surface area (Å²) in [6.07, 6.45) is -3.26. The number of halogens is 3. The van der Waals surface area contributed by atoms with Gasteiger partial charge in [-0.2, -0.15) is 18.2 Å². The summed E-state index contributed by atoms with van der Waals surface area (Å²) >= 11 is 0. The van der Waals surface area contributed by atoms with Crippen LogP contribution in [-0.2, 0) is 12.7 Å². The second-order valence-electron chi connectivity index (χ2n) is 9.63. The van der Waals surface area contributed by atoms with Gasteiger partial charge >= 0.3 is 6.18 Å². The molecule has 218 valence electrons. The molecule has 2 N–H and O–H groups in total. The van der Waals surface area contributed by atoms with Crippen molar-refractivity contribution in [3.63, 3.8) is 0 Å². The Balaban J connectivity index is 1.34. The molecular formula is C28H31F3N6O4. The number of nitrogens with one attached hydrogen (secondary N) is 2. The minimum atomic E-state index is -4.57. The number of amides is 1. The van der Waals surface area contributed by atoms with Crippen LogP contribution in [0.4, 0.5) is 24.7 Å². The van der Waals surface area contributed by atoms with Crippen molar-refractivity contribution in [2.75, 3.05) is 63.6 Å². The third-order valence-electron chi connectivity index (χ3n) is 7.02. The number of benzene rings is 2. The summed E-state index contributed by atoms with van der Waals surface area (Å²) in [7, 11) is 1.44. The van der Waals surface area contributed by atoms with E-state index < -0.39 is 17.6 Å². The van der Waals surface area contributed by atoms with Crippen LogP contribution in [0, 0.1) is 0 Å². The van der Waals surface area contributed by atoms with E-state index in [0.717, 1.165) is 25.7 Å². The van der Waals surface area contributed by atoms with E-state index in [1.54, 1.807) is 0 Å². The van der Waals surface area contributed by atoms with Gasteiger partial charge in [0.25, 0.3) is 11.8 Å². The van der Waals surface area contributed by atoms with Gasteiger partial charge in [-0.1, -0.05) is 13.0 Å². The molecule has 1 amide bonds. The molecule has 1 aromatic heterocycles. The molecule has 0 bridgehead atoms. The average Bonchev–Trinajstić information content (AvgIpc) is 2.98. The van der Waals surface area contributed by atoms with Crippen LogP contribution in [-0.4, -0.2) is 78.7 Å². The van der Waals surface area contributed by atoms with Crippen LogP contribution in [0.3, 0.4) is 0 Å². The fraction of sp³-hybridized carbons (Fsp3) is 0.393. The molecule has 2 aromatic carbocycles. The van der Waals surface area contributed by atoms with Crippen molar-refractivity contribution in [1.82, 2.24) is 19.8 Å². The number of anilines is 2. The molecule has 1 fully saturated rings. The van der Waals surface area contributed by atoms with Gasteiger partial charge in [0.1, 0.15) is 12.9 Å². The van der Waals surface area contributed by atoms with Crippen molar-refractivity contribution in [2.24, 2.45) is 0 Å². The van der Waals surface area contributed by atoms with E-state index in [4.69, 9.17) is 14.2 Å². The summed E-state index contributed by atoms with van der Waals surface area (Å²) in [5.74, 6) is 0.797. The van der Waals surface area contributed by atoms with Crippen molar-refractivity contribution in [1.29, 1.82) is 0 Å². The van der Waals surface area contributed by atoms with Gasteiger partial charge in [-0.25, -0.2) is 4.98 Å². The van der Waals surface area contributed by atoms with Gasteiger partial charge < -0.3 is 29.7 Å². The number of ether oxygens (including phenoxy) is 3. The molecule has 41 heavy (non-hydrogen) atoms. The number of hydrogen-bond acceptors (Lipinski definition) is 9. The quantitative estimate of drug-likeness (QED) is 0.404. The van der Waals surface area contributed by atoms with Crippen molar-refractivity contribution < 1.29 is 32.2 Å². The lowest BCUT2D eigenvalue weighted by Crippen LogP contribution is -2.45. The Bertz CT molecular complexity index is 1400. The second-order valence-corrected chi connectivity index (χ2v) is 9.63. The molecule has 0 spiro atoms. The number of alkyl halides is 3. The van der Waals surface area contributed by atoms with Crippen LogP contribution in [0.15, 0.2) is 42.7 Å². The van der Waals surface area contributed by atoms with E-state index in [2.05, 4.69) is 32.4 Å². The molecule has 13 heteroatoms. The maximum Gasteiger partial charge on any atom is 0.416 e. The SMILES string of the molecule is CCN1CCN(Cc2ccc(NC(=O)c3ccc(OC)c(Oc4ncnc5c4OCCN5)c3)cc2C(F)(F)F)CC1.